The number of nitrogens with two attached hydrogens (primary N) is 1. The standard InChI is InChI=1S/C15H21N3OS/c1-4-7-19-14-8-12(5-6-13(14)16)18-11(3)15-17-9-10(2)20-15/h5-6,8-9,11,18H,4,7,16H2,1-3H3. The maximum absolute atomic E-state index is 5.91. The van der Waals surface area contributed by atoms with E-state index in [9.17, 15) is 0 Å². The Morgan fingerprint density at radius 2 is 2.25 bits per heavy atom. The highest BCUT2D eigenvalue weighted by Crippen LogP contribution is 2.29. The van der Waals surface area contributed by atoms with E-state index < -0.39 is 0 Å². The van der Waals surface area contributed by atoms with E-state index >= 15 is 0 Å². The predicted molar refractivity (Wildman–Crippen MR) is 85.5 cm³/mol. The highest BCUT2D eigenvalue weighted by molar-refractivity contribution is 7.11. The smallest absolute Gasteiger partial charge is 0.144 e. The number of hydrogen-bond acceptors (Lipinski definition) is 5. The molecule has 3 N–H and O–H groups in total. The second-order valence-electron chi connectivity index (χ2n) is 4.78. The lowest BCUT2D eigenvalue weighted by atomic mass is 10.2. The van der Waals surface area contributed by atoms with Gasteiger partial charge >= 0.3 is 0 Å². The molecule has 0 radical (unpaired) electrons. The summed E-state index contributed by atoms with van der Waals surface area (Å²) in [7, 11) is 0. The lowest BCUT2D eigenvalue weighted by Gasteiger charge is -2.15. The van der Waals surface area contributed by atoms with Crippen LogP contribution in [0.15, 0.2) is 24.4 Å². The molecule has 1 unspecified atom stereocenters. The fraction of sp³-hybridized carbons (Fsp3) is 0.400. The summed E-state index contributed by atoms with van der Waals surface area (Å²) in [5.41, 5.74) is 7.57. The van der Waals surface area contributed by atoms with Gasteiger partial charge in [0.25, 0.3) is 0 Å². The molecule has 0 amide bonds. The first-order valence-electron chi connectivity index (χ1n) is 6.81. The molecular weight excluding hydrogens is 270 g/mol. The van der Waals surface area contributed by atoms with E-state index in [1.165, 1.54) is 4.88 Å². The number of hydrogen-bond donors (Lipinski definition) is 2. The zero-order valence-electron chi connectivity index (χ0n) is 12.1. The molecule has 0 aliphatic rings. The Bertz CT molecular complexity index is 568. The summed E-state index contributed by atoms with van der Waals surface area (Å²) in [5.74, 6) is 0.736. The van der Waals surface area contributed by atoms with Gasteiger partial charge in [0.2, 0.25) is 0 Å². The normalized spacial score (nSPS) is 12.2. The van der Waals surface area contributed by atoms with Crippen molar-refractivity contribution < 1.29 is 4.74 Å². The van der Waals surface area contributed by atoms with Gasteiger partial charge in [0.1, 0.15) is 10.8 Å². The quantitative estimate of drug-likeness (QED) is 0.790. The SMILES string of the molecule is CCCOc1cc(NC(C)c2ncc(C)s2)ccc1N. The van der Waals surface area contributed by atoms with Crippen molar-refractivity contribution in [2.24, 2.45) is 0 Å². The van der Waals surface area contributed by atoms with Gasteiger partial charge < -0.3 is 15.8 Å². The molecule has 1 aromatic heterocycles. The molecule has 0 saturated carbocycles. The number of aryl methyl sites for hydroxylation is 1. The largest absolute Gasteiger partial charge is 0.491 e. The van der Waals surface area contributed by atoms with Crippen molar-refractivity contribution in [2.75, 3.05) is 17.7 Å². The number of nitrogen functional groups attached to an aromatic ring is 1. The van der Waals surface area contributed by atoms with Gasteiger partial charge in [0.05, 0.1) is 18.3 Å². The zero-order valence-corrected chi connectivity index (χ0v) is 13.0. The van der Waals surface area contributed by atoms with Gasteiger partial charge in [-0.05, 0) is 32.4 Å². The molecule has 1 aromatic carbocycles. The molecule has 4 nitrogen and oxygen atoms in total. The third-order valence-electron chi connectivity index (χ3n) is 2.87. The summed E-state index contributed by atoms with van der Waals surface area (Å²) in [6.07, 6.45) is 2.86. The minimum absolute atomic E-state index is 0.163. The first-order valence-corrected chi connectivity index (χ1v) is 7.63. The summed E-state index contributed by atoms with van der Waals surface area (Å²) in [4.78, 5) is 5.62. The minimum atomic E-state index is 0.163. The van der Waals surface area contributed by atoms with Crippen molar-refractivity contribution in [3.05, 3.63) is 34.3 Å². The second kappa shape index (κ2) is 6.61. The second-order valence-corrected chi connectivity index (χ2v) is 6.04. The van der Waals surface area contributed by atoms with Crippen molar-refractivity contribution >= 4 is 22.7 Å². The van der Waals surface area contributed by atoms with Crippen LogP contribution in [0.2, 0.25) is 0 Å². The van der Waals surface area contributed by atoms with Gasteiger partial charge in [0.15, 0.2) is 0 Å². The maximum atomic E-state index is 5.91. The molecule has 2 aromatic rings. The number of aromatic nitrogens is 1. The Kier molecular flexibility index (Phi) is 4.84. The van der Waals surface area contributed by atoms with Gasteiger partial charge in [-0.1, -0.05) is 6.92 Å². The lowest BCUT2D eigenvalue weighted by Crippen LogP contribution is -2.07. The molecule has 5 heteroatoms. The minimum Gasteiger partial charge on any atom is -0.491 e. The average molecular weight is 291 g/mol. The van der Waals surface area contributed by atoms with Crippen LogP contribution in [0.25, 0.3) is 0 Å². The van der Waals surface area contributed by atoms with Crippen LogP contribution in [0.1, 0.15) is 36.2 Å². The number of benzene rings is 1. The third kappa shape index (κ3) is 3.63. The Hall–Kier alpha value is -1.75. The molecule has 0 bridgehead atoms. The first kappa shape index (κ1) is 14.7. The highest BCUT2D eigenvalue weighted by Gasteiger charge is 2.10. The predicted octanol–water partition coefficient (Wildman–Crippen LogP) is 4.00. The molecule has 0 fully saturated rings. The summed E-state index contributed by atoms with van der Waals surface area (Å²) in [5, 5.41) is 4.51. The van der Waals surface area contributed by atoms with Crippen LogP contribution in [0.5, 0.6) is 5.75 Å². The van der Waals surface area contributed by atoms with Crippen molar-refractivity contribution in [3.63, 3.8) is 0 Å². The first-order chi connectivity index (χ1) is 9.60. The van der Waals surface area contributed by atoms with Gasteiger partial charge in [-0.15, -0.1) is 11.3 Å². The van der Waals surface area contributed by atoms with Crippen LogP contribution < -0.4 is 15.8 Å². The molecule has 20 heavy (non-hydrogen) atoms. The van der Waals surface area contributed by atoms with E-state index in [2.05, 4.69) is 31.1 Å². The number of anilines is 2. The van der Waals surface area contributed by atoms with E-state index in [0.29, 0.717) is 12.3 Å². The number of ether oxygens (including phenoxy) is 1. The van der Waals surface area contributed by atoms with Gasteiger partial charge in [-0.3, -0.25) is 0 Å². The van der Waals surface area contributed by atoms with E-state index in [1.54, 1.807) is 11.3 Å². The highest BCUT2D eigenvalue weighted by atomic mass is 32.1. The molecule has 0 spiro atoms. The van der Waals surface area contributed by atoms with Crippen LogP contribution in [0.3, 0.4) is 0 Å². The summed E-state index contributed by atoms with van der Waals surface area (Å²) >= 11 is 1.71. The van der Waals surface area contributed by atoms with E-state index in [4.69, 9.17) is 10.5 Å². The molecule has 108 valence electrons. The van der Waals surface area contributed by atoms with E-state index in [0.717, 1.165) is 22.9 Å². The zero-order chi connectivity index (χ0) is 14.5. The molecule has 0 aliphatic carbocycles. The van der Waals surface area contributed by atoms with Crippen molar-refractivity contribution in [2.45, 2.75) is 33.2 Å². The maximum Gasteiger partial charge on any atom is 0.144 e. The fourth-order valence-electron chi connectivity index (χ4n) is 1.85. The topological polar surface area (TPSA) is 60.2 Å². The number of thiazole rings is 1. The van der Waals surface area contributed by atoms with Crippen LogP contribution in [0.4, 0.5) is 11.4 Å². The van der Waals surface area contributed by atoms with Crippen LogP contribution in [0, 0.1) is 6.92 Å². The fourth-order valence-corrected chi connectivity index (χ4v) is 2.62. The lowest BCUT2D eigenvalue weighted by molar-refractivity contribution is 0.319. The van der Waals surface area contributed by atoms with Crippen molar-refractivity contribution in [1.29, 1.82) is 0 Å². The third-order valence-corrected chi connectivity index (χ3v) is 3.96. The molecule has 1 heterocycles. The van der Waals surface area contributed by atoms with Crippen LogP contribution >= 0.6 is 11.3 Å². The average Bonchev–Trinajstić information content (AvgIpc) is 2.86. The van der Waals surface area contributed by atoms with Crippen LogP contribution in [-0.2, 0) is 0 Å². The monoisotopic (exact) mass is 291 g/mol. The van der Waals surface area contributed by atoms with E-state index in [-0.39, 0.29) is 6.04 Å². The van der Waals surface area contributed by atoms with Gasteiger partial charge in [-0.2, -0.15) is 0 Å². The van der Waals surface area contributed by atoms with Crippen molar-refractivity contribution in [1.82, 2.24) is 4.98 Å². The van der Waals surface area contributed by atoms with Gasteiger partial charge in [0, 0.05) is 22.8 Å². The summed E-state index contributed by atoms with van der Waals surface area (Å²) < 4.78 is 5.64. The number of nitrogens with zero attached hydrogens (tertiary/aromatic N) is 1. The Morgan fingerprint density at radius 1 is 1.45 bits per heavy atom. The molecule has 1 atom stereocenters. The molecular formula is C15H21N3OS. The number of nitrogens with one attached hydrogen (secondary N) is 1. The molecule has 2 rings (SSSR count). The summed E-state index contributed by atoms with van der Waals surface area (Å²) in [6.45, 7) is 6.91. The van der Waals surface area contributed by atoms with Crippen molar-refractivity contribution in [3.8, 4) is 5.75 Å². The van der Waals surface area contributed by atoms with E-state index in [1.807, 2.05) is 24.4 Å². The summed E-state index contributed by atoms with van der Waals surface area (Å²) in [6, 6.07) is 5.94. The molecule has 0 aliphatic heterocycles. The Labute approximate surface area is 124 Å². The Balaban J connectivity index is 2.09. The molecule has 0 saturated heterocycles. The van der Waals surface area contributed by atoms with Crippen LogP contribution in [-0.4, -0.2) is 11.6 Å². The number of rotatable bonds is 6. The Morgan fingerprint density at radius 3 is 2.90 bits per heavy atom. The van der Waals surface area contributed by atoms with Gasteiger partial charge in [-0.25, -0.2) is 4.98 Å².